The Balaban J connectivity index is 0.985. The summed E-state index contributed by atoms with van der Waals surface area (Å²) in [6.45, 7) is 0. The van der Waals surface area contributed by atoms with Crippen LogP contribution < -0.4 is 16.4 Å². The van der Waals surface area contributed by atoms with E-state index in [4.69, 9.17) is 14.6 Å². The Labute approximate surface area is 325 Å². The summed E-state index contributed by atoms with van der Waals surface area (Å²) in [7, 11) is 0. The van der Waals surface area contributed by atoms with Gasteiger partial charge in [0, 0.05) is 60.1 Å². The first kappa shape index (κ1) is 31.7. The fraction of sp³-hybridized carbons (Fsp3) is 0.0392. The SMILES string of the molecule is N=C(/C=C(\N)n1c2ccccc2c2cc(-c3cccc4c3oc3ccccc34)ccc21)n1c2ccccc2c2cc(-c3cccc4c5c(oc34)=CCCC=5)ccc21. The number of hydrogen-bond donors (Lipinski definition) is 2. The first-order valence-corrected chi connectivity index (χ1v) is 19.4. The van der Waals surface area contributed by atoms with Gasteiger partial charge in [-0.1, -0.05) is 109 Å². The van der Waals surface area contributed by atoms with E-state index in [1.165, 1.54) is 5.22 Å². The van der Waals surface area contributed by atoms with E-state index < -0.39 is 0 Å². The zero-order chi connectivity index (χ0) is 37.8. The molecule has 0 bridgehead atoms. The van der Waals surface area contributed by atoms with Crippen molar-refractivity contribution in [1.29, 1.82) is 5.41 Å². The molecule has 0 saturated carbocycles. The highest BCUT2D eigenvalue weighted by Crippen LogP contribution is 2.40. The molecule has 6 nitrogen and oxygen atoms in total. The molecule has 1 aliphatic carbocycles. The molecule has 57 heavy (non-hydrogen) atoms. The maximum Gasteiger partial charge on any atom is 0.143 e. The molecule has 0 saturated heterocycles. The van der Waals surface area contributed by atoms with Crippen LogP contribution in [0.4, 0.5) is 0 Å². The summed E-state index contributed by atoms with van der Waals surface area (Å²) < 4.78 is 16.9. The minimum Gasteiger partial charge on any atom is -0.456 e. The number of nitrogens with two attached hydrogens (primary N) is 1. The molecule has 0 atom stereocenters. The van der Waals surface area contributed by atoms with Crippen LogP contribution in [0.15, 0.2) is 161 Å². The topological polar surface area (TPSA) is 86.0 Å². The summed E-state index contributed by atoms with van der Waals surface area (Å²) in [5.74, 6) is 0.736. The molecule has 0 fully saturated rings. The summed E-state index contributed by atoms with van der Waals surface area (Å²) in [6.07, 6.45) is 8.28. The van der Waals surface area contributed by atoms with Gasteiger partial charge in [0.05, 0.1) is 22.1 Å². The molecule has 270 valence electrons. The Morgan fingerprint density at radius 3 is 1.77 bits per heavy atom. The lowest BCUT2D eigenvalue weighted by atomic mass is 10.0. The van der Waals surface area contributed by atoms with Crippen LogP contribution in [0.5, 0.6) is 0 Å². The van der Waals surface area contributed by atoms with Gasteiger partial charge in [-0.15, -0.1) is 0 Å². The molecule has 0 aliphatic heterocycles. The maximum atomic E-state index is 9.59. The van der Waals surface area contributed by atoms with E-state index in [0.717, 1.165) is 117 Å². The second-order valence-corrected chi connectivity index (χ2v) is 15.0. The second kappa shape index (κ2) is 12.0. The van der Waals surface area contributed by atoms with Crippen molar-refractivity contribution in [3.05, 3.63) is 162 Å². The van der Waals surface area contributed by atoms with Crippen LogP contribution in [0, 0.1) is 5.41 Å². The van der Waals surface area contributed by atoms with E-state index in [1.54, 1.807) is 6.08 Å². The molecule has 0 spiro atoms. The van der Waals surface area contributed by atoms with Gasteiger partial charge in [0.15, 0.2) is 0 Å². The van der Waals surface area contributed by atoms with Crippen molar-refractivity contribution in [2.24, 2.45) is 5.73 Å². The van der Waals surface area contributed by atoms with Gasteiger partial charge in [-0.05, 0) is 72.5 Å². The predicted octanol–water partition coefficient (Wildman–Crippen LogP) is 11.5. The lowest BCUT2D eigenvalue weighted by Crippen LogP contribution is -2.21. The third-order valence-electron chi connectivity index (χ3n) is 11.8. The molecular formula is C51H34N4O2. The Hall–Kier alpha value is -7.57. The van der Waals surface area contributed by atoms with Crippen molar-refractivity contribution < 1.29 is 8.83 Å². The standard InChI is InChI=1S/C51H34N4O2/c52-48(54-42-19-5-1-11-34(42)40-27-30(23-25-44(40)54)32-15-9-17-38-36-13-3-7-21-46(36)56-50(32)38)29-49(53)55-43-20-6-2-12-35(43)41-28-31(24-26-45(41)55)33-16-10-18-39-37-14-4-8-22-47(37)57-51(33)39/h1-3,5-7,9-29,53H,4,8,52H2/b48-29+,53-49?. The van der Waals surface area contributed by atoms with Gasteiger partial charge in [-0.3, -0.25) is 14.5 Å². The largest absolute Gasteiger partial charge is 0.456 e. The number of allylic oxidation sites excluding steroid dienone is 1. The number of benzene rings is 7. The monoisotopic (exact) mass is 734 g/mol. The van der Waals surface area contributed by atoms with E-state index in [9.17, 15) is 5.41 Å². The molecule has 6 heteroatoms. The van der Waals surface area contributed by atoms with Crippen LogP contribution in [-0.2, 0) is 0 Å². The first-order chi connectivity index (χ1) is 28.1. The first-order valence-electron chi connectivity index (χ1n) is 19.4. The van der Waals surface area contributed by atoms with Crippen LogP contribution in [0.3, 0.4) is 0 Å². The molecule has 7 aromatic carbocycles. The fourth-order valence-corrected chi connectivity index (χ4v) is 9.25. The number of aromatic nitrogens is 2. The molecule has 4 heterocycles. The summed E-state index contributed by atoms with van der Waals surface area (Å²) in [6, 6.07) is 50.5. The molecule has 11 aromatic rings. The zero-order valence-electron chi connectivity index (χ0n) is 30.8. The van der Waals surface area contributed by atoms with Crippen LogP contribution in [-0.4, -0.2) is 15.0 Å². The molecule has 4 aromatic heterocycles. The van der Waals surface area contributed by atoms with Crippen LogP contribution in [0.25, 0.3) is 117 Å². The van der Waals surface area contributed by atoms with Crippen molar-refractivity contribution in [3.63, 3.8) is 0 Å². The minimum absolute atomic E-state index is 0.275. The van der Waals surface area contributed by atoms with Crippen molar-refractivity contribution in [2.45, 2.75) is 12.8 Å². The van der Waals surface area contributed by atoms with E-state index in [-0.39, 0.29) is 5.84 Å². The Morgan fingerprint density at radius 1 is 0.509 bits per heavy atom. The highest BCUT2D eigenvalue weighted by Gasteiger charge is 2.19. The summed E-state index contributed by atoms with van der Waals surface area (Å²) in [5, 5.41) is 18.4. The predicted molar refractivity (Wildman–Crippen MR) is 236 cm³/mol. The van der Waals surface area contributed by atoms with E-state index in [0.29, 0.717) is 5.82 Å². The van der Waals surface area contributed by atoms with Gasteiger partial charge >= 0.3 is 0 Å². The lowest BCUT2D eigenvalue weighted by molar-refractivity contribution is 0.572. The molecule has 3 N–H and O–H groups in total. The zero-order valence-corrected chi connectivity index (χ0v) is 30.8. The lowest BCUT2D eigenvalue weighted by Gasteiger charge is -2.11. The normalized spacial score (nSPS) is 13.3. The number of hydrogen-bond acceptors (Lipinski definition) is 4. The average molecular weight is 735 g/mol. The van der Waals surface area contributed by atoms with Crippen LogP contribution >= 0.6 is 0 Å². The minimum atomic E-state index is 0.275. The number of rotatable bonds is 4. The van der Waals surface area contributed by atoms with Crippen LogP contribution in [0.2, 0.25) is 0 Å². The third-order valence-corrected chi connectivity index (χ3v) is 11.8. The van der Waals surface area contributed by atoms with Gasteiger partial charge in [-0.25, -0.2) is 0 Å². The Bertz CT molecular complexity index is 3680. The fourth-order valence-electron chi connectivity index (χ4n) is 9.25. The quantitative estimate of drug-likeness (QED) is 0.139. The maximum absolute atomic E-state index is 9.59. The smallest absolute Gasteiger partial charge is 0.143 e. The number of furan rings is 2. The van der Waals surface area contributed by atoms with Gasteiger partial charge in [0.25, 0.3) is 0 Å². The Kier molecular flexibility index (Phi) is 6.66. The van der Waals surface area contributed by atoms with Crippen molar-refractivity contribution in [1.82, 2.24) is 9.13 Å². The second-order valence-electron chi connectivity index (χ2n) is 15.0. The molecule has 0 amide bonds. The average Bonchev–Trinajstić information content (AvgIpc) is 4.01. The highest BCUT2D eigenvalue weighted by atomic mass is 16.3. The molecule has 0 radical (unpaired) electrons. The van der Waals surface area contributed by atoms with Crippen molar-refractivity contribution in [3.8, 4) is 22.3 Å². The van der Waals surface area contributed by atoms with Gasteiger partial charge in [0.2, 0.25) is 0 Å². The molecule has 1 aliphatic rings. The summed E-state index contributed by atoms with van der Waals surface area (Å²) >= 11 is 0. The summed E-state index contributed by atoms with van der Waals surface area (Å²) in [5.41, 5.74) is 18.8. The van der Waals surface area contributed by atoms with Gasteiger partial charge in [-0.2, -0.15) is 0 Å². The van der Waals surface area contributed by atoms with E-state index in [1.807, 2.05) is 34.9 Å². The third kappa shape index (κ3) is 4.61. The van der Waals surface area contributed by atoms with Crippen molar-refractivity contribution >= 4 is 100 Å². The van der Waals surface area contributed by atoms with Gasteiger partial charge < -0.3 is 14.6 Å². The molecule has 0 unspecified atom stereocenters. The number of nitrogens with one attached hydrogen (secondary N) is 1. The molecule has 12 rings (SSSR count). The summed E-state index contributed by atoms with van der Waals surface area (Å²) in [4.78, 5) is 0. The van der Waals surface area contributed by atoms with Gasteiger partial charge in [0.1, 0.15) is 33.8 Å². The van der Waals surface area contributed by atoms with Crippen molar-refractivity contribution in [2.75, 3.05) is 0 Å². The number of fused-ring (bicyclic) bond motifs is 12. The number of nitrogens with zero attached hydrogens (tertiary/aromatic N) is 2. The number of para-hydroxylation sites is 5. The van der Waals surface area contributed by atoms with E-state index in [2.05, 4.69) is 132 Å². The van der Waals surface area contributed by atoms with E-state index >= 15 is 0 Å². The van der Waals surface area contributed by atoms with Crippen LogP contribution in [0.1, 0.15) is 12.8 Å². The molecular weight excluding hydrogens is 701 g/mol. The highest BCUT2D eigenvalue weighted by molar-refractivity contribution is 6.18. The Morgan fingerprint density at radius 2 is 1.05 bits per heavy atom.